The number of carbonyl (C=O) groups is 1. The van der Waals surface area contributed by atoms with Crippen molar-refractivity contribution >= 4 is 16.1 Å². The predicted molar refractivity (Wildman–Crippen MR) is 72.0 cm³/mol. The second-order valence-corrected chi connectivity index (χ2v) is 8.21. The Bertz CT molecular complexity index is 917. The fourth-order valence-corrected chi connectivity index (χ4v) is 3.31. The summed E-state index contributed by atoms with van der Waals surface area (Å²) < 4.78 is 244. The average molecular weight is 623 g/mol. The summed E-state index contributed by atoms with van der Waals surface area (Å²) in [5.41, 5.74) is 0. The number of carboxylic acid groups (broad SMARTS) is 1. The Kier molecular flexibility index (Phi) is 10.9. The molecule has 0 heterocycles. The van der Waals surface area contributed by atoms with Gasteiger partial charge in [0.25, 0.3) is 0 Å². The molecule has 0 aliphatic rings. The monoisotopic (exact) mass is 623 g/mol. The second kappa shape index (κ2) is 10.3. The number of hydrogen-bond donors (Lipinski definition) is 0. The van der Waals surface area contributed by atoms with Gasteiger partial charge in [0, 0.05) is 6.54 Å². The minimum absolute atomic E-state index is 0. The van der Waals surface area contributed by atoms with Crippen molar-refractivity contribution in [2.75, 3.05) is 6.54 Å². The van der Waals surface area contributed by atoms with Gasteiger partial charge in [0.2, 0.25) is 0 Å². The molecule has 0 saturated heterocycles. The third-order valence-electron chi connectivity index (χ3n) is 3.94. The van der Waals surface area contributed by atoms with Gasteiger partial charge in [-0.1, -0.05) is 6.92 Å². The smallest absolute Gasteiger partial charge is 0.529 e. The summed E-state index contributed by atoms with van der Waals surface area (Å²) >= 11 is 0. The van der Waals surface area contributed by atoms with Gasteiger partial charge in [-0.15, -0.1) is 0 Å². The molecular weight excluding hydrogens is 616 g/mol. The van der Waals surface area contributed by atoms with Crippen LogP contribution in [0.25, 0.3) is 0 Å². The van der Waals surface area contributed by atoms with E-state index in [1.807, 2.05) is 0 Å². The molecule has 24 heteroatoms. The van der Waals surface area contributed by atoms with Crippen LogP contribution in [0.5, 0.6) is 0 Å². The number of alkyl halides is 17. The molecule has 0 bridgehead atoms. The summed E-state index contributed by atoms with van der Waals surface area (Å²) in [4.78, 5) is 10.6. The van der Waals surface area contributed by atoms with E-state index in [2.05, 4.69) is 0 Å². The molecule has 0 rings (SSSR count). The third kappa shape index (κ3) is 5.01. The zero-order valence-corrected chi connectivity index (χ0v) is 20.8. The van der Waals surface area contributed by atoms with Crippen molar-refractivity contribution in [3.05, 3.63) is 0 Å². The van der Waals surface area contributed by atoms with Gasteiger partial charge in [-0.25, -0.2) is 0 Å². The Balaban J connectivity index is 0. The molecule has 0 fully saturated rings. The van der Waals surface area contributed by atoms with Gasteiger partial charge in [0.15, 0.2) is 6.09 Å². The van der Waals surface area contributed by atoms with Crippen molar-refractivity contribution in [3.63, 3.8) is 0 Å². The fourth-order valence-electron chi connectivity index (χ4n) is 1.96. The summed E-state index contributed by atoms with van der Waals surface area (Å²) in [6.45, 7) is -1.13. The van der Waals surface area contributed by atoms with Gasteiger partial charge in [-0.3, -0.25) is 4.31 Å². The minimum Gasteiger partial charge on any atom is -0.529 e. The van der Waals surface area contributed by atoms with Crippen LogP contribution in [0.1, 0.15) is 13.3 Å². The molecule has 0 N–H and O–H groups in total. The van der Waals surface area contributed by atoms with E-state index in [0.717, 1.165) is 0 Å². The topological polar surface area (TPSA) is 77.5 Å². The van der Waals surface area contributed by atoms with Crippen LogP contribution in [0, 0.1) is 0 Å². The normalized spacial score (nSPS) is 15.4. The molecule has 1 amide bonds. The van der Waals surface area contributed by atoms with Crippen LogP contribution < -0.4 is 56.5 Å². The van der Waals surface area contributed by atoms with E-state index in [1.165, 1.54) is 0 Å². The molecule has 0 aliphatic carbocycles. The molecule has 0 aromatic heterocycles. The molecule has 36 heavy (non-hydrogen) atoms. The Morgan fingerprint density at radius 3 is 1.17 bits per heavy atom. The zero-order valence-electron chi connectivity index (χ0n) is 16.8. The fraction of sp³-hybridized carbons (Fsp3) is 0.917. The first-order chi connectivity index (χ1) is 14.9. The number of halogens is 17. The Hall–Kier alpha value is -0.334. The molecule has 0 aromatic carbocycles. The number of rotatable bonds is 10. The van der Waals surface area contributed by atoms with Crippen molar-refractivity contribution in [2.24, 2.45) is 0 Å². The molecule has 0 saturated carbocycles. The van der Waals surface area contributed by atoms with Gasteiger partial charge in [0.1, 0.15) is 0 Å². The summed E-state index contributed by atoms with van der Waals surface area (Å²) in [6, 6.07) is 0. The van der Waals surface area contributed by atoms with Gasteiger partial charge < -0.3 is 9.90 Å². The van der Waals surface area contributed by atoms with Crippen molar-refractivity contribution in [1.82, 2.24) is 4.31 Å². The number of nitrogens with zero attached hydrogens (tertiary/aromatic N) is 1. The number of carbonyl (C=O) groups excluding carboxylic acids is 1. The molecule has 210 valence electrons. The second-order valence-electron chi connectivity index (χ2n) is 6.30. The molecule has 0 spiro atoms. The van der Waals surface area contributed by atoms with Gasteiger partial charge >= 0.3 is 108 Å². The summed E-state index contributed by atoms with van der Waals surface area (Å²) in [6.07, 6.45) is -12.3. The first kappa shape index (κ1) is 37.8. The Morgan fingerprint density at radius 1 is 0.639 bits per heavy atom. The molecule has 0 aromatic rings. The number of hydrogen-bond acceptors (Lipinski definition) is 4. The number of amides is 1. The van der Waals surface area contributed by atoms with E-state index >= 15 is 0 Å². The molecule has 5 nitrogen and oxygen atoms in total. The van der Waals surface area contributed by atoms with Crippen LogP contribution in [-0.4, -0.2) is 72.3 Å². The molecule has 0 radical (unpaired) electrons. The maximum Gasteiger partial charge on any atom is 1.00 e. The van der Waals surface area contributed by atoms with E-state index in [9.17, 15) is 93.0 Å². The van der Waals surface area contributed by atoms with E-state index in [-0.39, 0.29) is 51.4 Å². The molecule has 0 unspecified atom stereocenters. The van der Waals surface area contributed by atoms with E-state index in [0.29, 0.717) is 6.92 Å². The minimum atomic E-state index is -8.99. The van der Waals surface area contributed by atoms with Crippen molar-refractivity contribution in [2.45, 2.75) is 60.3 Å². The molecule has 0 aliphatic heterocycles. The van der Waals surface area contributed by atoms with E-state index < -0.39 is 80.4 Å². The quantitative estimate of drug-likeness (QED) is 0.272. The molecular formula is C12H7F17KNO4S. The van der Waals surface area contributed by atoms with Crippen molar-refractivity contribution < 1.29 is 144 Å². The Labute approximate surface area is 230 Å². The maximum absolute atomic E-state index is 13.8. The van der Waals surface area contributed by atoms with Crippen LogP contribution in [-0.2, 0) is 10.0 Å². The van der Waals surface area contributed by atoms with Crippen LogP contribution in [0.4, 0.5) is 79.4 Å². The zero-order chi connectivity index (χ0) is 29.1. The first-order valence-electron chi connectivity index (χ1n) is 7.84. The first-order valence-corrected chi connectivity index (χ1v) is 9.28. The third-order valence-corrected chi connectivity index (χ3v) is 5.75. The van der Waals surface area contributed by atoms with Crippen molar-refractivity contribution in [3.8, 4) is 0 Å². The van der Waals surface area contributed by atoms with E-state index in [1.54, 1.807) is 0 Å². The molecule has 0 atom stereocenters. The van der Waals surface area contributed by atoms with Crippen LogP contribution in [0.3, 0.4) is 0 Å². The predicted octanol–water partition coefficient (Wildman–Crippen LogP) is 1.34. The van der Waals surface area contributed by atoms with Gasteiger partial charge in [-0.2, -0.15) is 83.1 Å². The van der Waals surface area contributed by atoms with Gasteiger partial charge in [-0.05, 0) is 6.42 Å². The Morgan fingerprint density at radius 2 is 0.917 bits per heavy atom. The van der Waals surface area contributed by atoms with E-state index in [4.69, 9.17) is 0 Å². The summed E-state index contributed by atoms with van der Waals surface area (Å²) in [7, 11) is -7.88. The standard InChI is InChI=1S/C12H8F17NO4S.K/c1-2-3-30(4(31)32)35(33,34)12(28,29)10(23,24)8(19,20)6(15,16)5(13,14)7(17,18)9(21,22)11(25,26)27;/h2-3H2,1H3,(H,31,32);/q;+1/p-1. The van der Waals surface area contributed by atoms with Crippen LogP contribution >= 0.6 is 0 Å². The number of sulfonamides is 1. The average Bonchev–Trinajstić information content (AvgIpc) is 2.63. The summed E-state index contributed by atoms with van der Waals surface area (Å²) in [5.74, 6) is -52.5. The SMILES string of the molecule is CCCN(C(=O)[O-])S(=O)(=O)C(F)(F)C(F)(F)C(F)(F)C(F)(F)C(F)(F)C(F)(F)C(F)(F)C(F)(F)F.[K+]. The largest absolute Gasteiger partial charge is 1.00 e. The van der Waals surface area contributed by atoms with Crippen LogP contribution in [0.15, 0.2) is 0 Å². The van der Waals surface area contributed by atoms with Crippen molar-refractivity contribution in [1.29, 1.82) is 0 Å². The van der Waals surface area contributed by atoms with Crippen LogP contribution in [0.2, 0.25) is 0 Å². The maximum atomic E-state index is 13.8. The summed E-state index contributed by atoms with van der Waals surface area (Å²) in [5, 5.41) is 2.63. The van der Waals surface area contributed by atoms with Gasteiger partial charge in [0.05, 0.1) is 0 Å².